The number of anilines is 1. The highest BCUT2D eigenvalue weighted by molar-refractivity contribution is 6.34. The van der Waals surface area contributed by atoms with Crippen LogP contribution >= 0.6 is 11.6 Å². The second kappa shape index (κ2) is 15.9. The van der Waals surface area contributed by atoms with Crippen molar-refractivity contribution in [2.24, 2.45) is 11.8 Å². The minimum absolute atomic E-state index is 0.0269. The third-order valence-corrected chi connectivity index (χ3v) is 11.1. The van der Waals surface area contributed by atoms with Gasteiger partial charge in [0.25, 0.3) is 0 Å². The molecule has 3 heterocycles. The Bertz CT molecular complexity index is 1610. The van der Waals surface area contributed by atoms with Crippen LogP contribution in [-0.4, -0.2) is 89.4 Å². The molecule has 0 spiro atoms. The van der Waals surface area contributed by atoms with Crippen molar-refractivity contribution in [2.75, 3.05) is 19.0 Å². The van der Waals surface area contributed by atoms with Gasteiger partial charge in [0.15, 0.2) is 0 Å². The maximum atomic E-state index is 14.0. The summed E-state index contributed by atoms with van der Waals surface area (Å²) < 4.78 is 18.0. The lowest BCUT2D eigenvalue weighted by Gasteiger charge is -2.41. The molecule has 1 aromatic carbocycles. The second-order valence-corrected chi connectivity index (χ2v) is 15.1. The van der Waals surface area contributed by atoms with Gasteiger partial charge in [-0.15, -0.1) is 0 Å². The van der Waals surface area contributed by atoms with Crippen molar-refractivity contribution in [2.45, 2.75) is 123 Å². The van der Waals surface area contributed by atoms with Crippen LogP contribution in [0, 0.1) is 18.8 Å². The quantitative estimate of drug-likeness (QED) is 0.285. The van der Waals surface area contributed by atoms with Gasteiger partial charge in [-0.2, -0.15) is 0 Å². The lowest BCUT2D eigenvalue weighted by molar-refractivity contribution is -0.162. The summed E-state index contributed by atoms with van der Waals surface area (Å²) >= 11 is 6.75. The third-order valence-electron chi connectivity index (χ3n) is 10.6. The fraction of sp³-hybridized carbons (Fsp3) is 0.605. The van der Waals surface area contributed by atoms with E-state index in [9.17, 15) is 29.1 Å². The number of ketones is 1. The summed E-state index contributed by atoms with van der Waals surface area (Å²) in [6, 6.07) is 2.82. The summed E-state index contributed by atoms with van der Waals surface area (Å²) in [5.74, 6) is -2.43. The number of Topliss-reactive ketones (excluding diaryl/α,β-unsaturated/α-hetero) is 1. The average molecular weight is 730 g/mol. The molecular weight excluding hydrogens is 678 g/mol. The Kier molecular flexibility index (Phi) is 12.5. The van der Waals surface area contributed by atoms with E-state index in [1.165, 1.54) is 30.7 Å². The summed E-state index contributed by atoms with van der Waals surface area (Å²) in [6.45, 7) is 12.2. The normalized spacial score (nSPS) is 31.9. The van der Waals surface area contributed by atoms with Gasteiger partial charge in [0, 0.05) is 45.2 Å². The van der Waals surface area contributed by atoms with Crippen molar-refractivity contribution < 1.29 is 43.3 Å². The molecule has 3 aliphatic rings. The number of epoxide rings is 1. The van der Waals surface area contributed by atoms with Crippen molar-refractivity contribution in [1.82, 2.24) is 10.2 Å². The van der Waals surface area contributed by atoms with Crippen LogP contribution in [0.1, 0.15) is 84.8 Å². The molecule has 3 aliphatic heterocycles. The number of rotatable bonds is 7. The molecule has 2 fully saturated rings. The largest absolute Gasteiger partial charge is 0.457 e. The molecule has 13 heteroatoms. The Morgan fingerprint density at radius 1 is 1.20 bits per heavy atom. The highest BCUT2D eigenvalue weighted by Gasteiger charge is 2.64. The van der Waals surface area contributed by atoms with Crippen molar-refractivity contribution in [3.05, 3.63) is 52.1 Å². The van der Waals surface area contributed by atoms with Gasteiger partial charge in [-0.25, -0.2) is 9.59 Å². The van der Waals surface area contributed by atoms with Gasteiger partial charge in [-0.1, -0.05) is 55.3 Å². The number of fused-ring (bicyclic) bond motifs is 5. The average Bonchev–Trinajstić information content (AvgIpc) is 3.75. The van der Waals surface area contributed by atoms with E-state index in [1.807, 2.05) is 58.1 Å². The molecule has 12 nitrogen and oxygen atoms in total. The summed E-state index contributed by atoms with van der Waals surface area (Å²) in [5.41, 5.74) is 0.447. The van der Waals surface area contributed by atoms with Gasteiger partial charge in [-0.05, 0) is 64.7 Å². The smallest absolute Gasteiger partial charge is 0.409 e. The fourth-order valence-corrected chi connectivity index (χ4v) is 7.06. The van der Waals surface area contributed by atoms with Crippen LogP contribution in [-0.2, 0) is 39.8 Å². The topological polar surface area (TPSA) is 155 Å². The van der Waals surface area contributed by atoms with Crippen LogP contribution in [0.25, 0.3) is 0 Å². The first-order chi connectivity index (χ1) is 23.8. The highest BCUT2D eigenvalue weighted by atomic mass is 35.5. The number of amides is 3. The van der Waals surface area contributed by atoms with Crippen LogP contribution in [0.2, 0.25) is 5.02 Å². The molecule has 0 aliphatic carbocycles. The predicted molar refractivity (Wildman–Crippen MR) is 192 cm³/mol. The van der Waals surface area contributed by atoms with E-state index in [1.54, 1.807) is 14.0 Å². The monoisotopic (exact) mass is 729 g/mol. The van der Waals surface area contributed by atoms with Gasteiger partial charge in [-0.3, -0.25) is 14.9 Å². The Labute approximate surface area is 305 Å². The van der Waals surface area contributed by atoms with Gasteiger partial charge in [0.1, 0.15) is 35.4 Å². The first-order valence-electron chi connectivity index (χ1n) is 17.5. The van der Waals surface area contributed by atoms with Crippen molar-refractivity contribution in [3.63, 3.8) is 0 Å². The van der Waals surface area contributed by atoms with E-state index in [-0.39, 0.29) is 43.3 Å². The third kappa shape index (κ3) is 9.20. The van der Waals surface area contributed by atoms with Crippen LogP contribution < -0.4 is 10.2 Å². The Balaban J connectivity index is 1.70. The van der Waals surface area contributed by atoms with Crippen molar-refractivity contribution >= 4 is 46.9 Å². The van der Waals surface area contributed by atoms with E-state index < -0.39 is 59.6 Å². The van der Waals surface area contributed by atoms with Crippen LogP contribution in [0.5, 0.6) is 0 Å². The first-order valence-corrected chi connectivity index (χ1v) is 17.9. The summed E-state index contributed by atoms with van der Waals surface area (Å²) in [4.78, 5) is 67.4. The lowest BCUT2D eigenvalue weighted by Crippen LogP contribution is -2.60. The summed E-state index contributed by atoms with van der Waals surface area (Å²) in [7, 11) is 3.10. The van der Waals surface area contributed by atoms with Crippen molar-refractivity contribution in [3.8, 4) is 0 Å². The minimum Gasteiger partial charge on any atom is -0.457 e. The zero-order valence-corrected chi connectivity index (χ0v) is 31.8. The number of aliphatic hydroxyl groups is 1. The molecule has 0 aromatic heterocycles. The predicted octanol–water partition coefficient (Wildman–Crippen LogP) is 5.19. The number of likely N-dealkylation sites (N-methyl/N-ethyl adjacent to an activating group) is 1. The Hall–Kier alpha value is -3.74. The molecule has 4 bridgehead atoms. The Morgan fingerprint density at radius 3 is 2.55 bits per heavy atom. The minimum atomic E-state index is -1.61. The standard InChI is InChI=1S/C38H52ClN3O9/c1-21-12-10-13-23(3)38(48)20-29(49-36(47)40-38)25(5)34-37(7,51-34)30(50-35(46)26(6)41(8)31(44)15-11-14-24(4)43)19-32(45)42(9)28-18-27(16-21)17-22(2)33(28)39/h10,12-13,17-18,23,25-26,29-30,34,48H,11,14-16,19-20H2,1-9H3,(H,40,47)/b13-10+,21-12+/t23-,25-,26+,29?,30+,34+,37+,38+/m1/s1. The first kappa shape index (κ1) is 40.0. The summed E-state index contributed by atoms with van der Waals surface area (Å²) in [6.07, 6.45) is 3.41. The molecular formula is C38H52ClN3O9. The number of nitrogens with one attached hydrogen (secondary N) is 1. The SMILES string of the molecule is CC(=O)CCCC(=O)N(C)[C@@H](C)C(=O)O[C@H]1CC(=O)N(C)c2cc(cc(C)c2Cl)C/C(C)=C/C=C/[C@@H](C)[C@@]2(O)CC(OC(=O)N2)[C@@H](C)[C@@H]2O[C@@]12C. The molecule has 2 N–H and O–H groups in total. The molecule has 2 saturated heterocycles. The number of alkyl carbamates (subject to hydrolysis) is 1. The van der Waals surface area contributed by atoms with Crippen LogP contribution in [0.3, 0.4) is 0 Å². The van der Waals surface area contributed by atoms with E-state index in [2.05, 4.69) is 5.32 Å². The van der Waals surface area contributed by atoms with Gasteiger partial charge >= 0.3 is 12.1 Å². The van der Waals surface area contributed by atoms with E-state index in [4.69, 9.17) is 25.8 Å². The molecule has 1 unspecified atom stereocenters. The van der Waals surface area contributed by atoms with Gasteiger partial charge in [0.2, 0.25) is 11.8 Å². The number of benzene rings is 1. The number of hydrogen-bond donors (Lipinski definition) is 2. The maximum Gasteiger partial charge on any atom is 0.409 e. The molecule has 4 rings (SSSR count). The van der Waals surface area contributed by atoms with Crippen molar-refractivity contribution in [1.29, 1.82) is 0 Å². The Morgan fingerprint density at radius 2 is 1.88 bits per heavy atom. The highest BCUT2D eigenvalue weighted by Crippen LogP contribution is 2.49. The van der Waals surface area contributed by atoms with Crippen LogP contribution in [0.4, 0.5) is 10.5 Å². The fourth-order valence-electron chi connectivity index (χ4n) is 6.82. The lowest BCUT2D eigenvalue weighted by atomic mass is 9.82. The number of halogens is 1. The number of hydrogen-bond acceptors (Lipinski definition) is 9. The van der Waals surface area contributed by atoms with Gasteiger partial charge in [0.05, 0.1) is 23.2 Å². The number of carbonyl (C=O) groups excluding carboxylic acids is 5. The molecule has 51 heavy (non-hydrogen) atoms. The number of esters is 1. The molecule has 0 saturated carbocycles. The maximum absolute atomic E-state index is 14.0. The zero-order valence-electron chi connectivity index (χ0n) is 31.1. The number of ether oxygens (including phenoxy) is 3. The van der Waals surface area contributed by atoms with E-state index >= 15 is 0 Å². The van der Waals surface area contributed by atoms with Crippen LogP contribution in [0.15, 0.2) is 35.9 Å². The number of carbonyl (C=O) groups is 5. The van der Waals surface area contributed by atoms with Gasteiger partial charge < -0.3 is 33.9 Å². The molecule has 1 aromatic rings. The van der Waals surface area contributed by atoms with E-state index in [0.29, 0.717) is 23.6 Å². The van der Waals surface area contributed by atoms with E-state index in [0.717, 1.165) is 16.7 Å². The number of nitrogens with zero attached hydrogens (tertiary/aromatic N) is 2. The molecule has 8 atom stereocenters. The summed E-state index contributed by atoms with van der Waals surface area (Å²) in [5, 5.41) is 14.6. The molecule has 280 valence electrons. The zero-order chi connectivity index (χ0) is 38.0. The number of aryl methyl sites for hydroxylation is 1. The second-order valence-electron chi connectivity index (χ2n) is 14.7. The molecule has 0 radical (unpaired) electrons. The number of allylic oxidation sites excluding steroid dienone is 3. The molecule has 3 amide bonds.